The zero-order chi connectivity index (χ0) is 18.6. The third-order valence-corrected chi connectivity index (χ3v) is 5.04. The summed E-state index contributed by atoms with van der Waals surface area (Å²) in [5, 5.41) is 18.3. The van der Waals surface area contributed by atoms with Gasteiger partial charge in [0, 0.05) is 0 Å². The van der Waals surface area contributed by atoms with Crippen LogP contribution in [0.3, 0.4) is 0 Å². The maximum atomic E-state index is 12.6. The molecular formula is C17H17NO5S2. The van der Waals surface area contributed by atoms with Crippen molar-refractivity contribution in [3.8, 4) is 0 Å². The predicted octanol–water partition coefficient (Wildman–Crippen LogP) is 3.23. The van der Waals surface area contributed by atoms with Gasteiger partial charge in [0.25, 0.3) is 5.91 Å². The fourth-order valence-electron chi connectivity index (χ4n) is 2.38. The Morgan fingerprint density at radius 2 is 1.92 bits per heavy atom. The number of carbonyl (C=O) groups is 3. The molecule has 1 atom stereocenters. The van der Waals surface area contributed by atoms with Crippen LogP contribution in [-0.2, 0) is 9.59 Å². The Kier molecular flexibility index (Phi) is 6.33. The zero-order valence-electron chi connectivity index (χ0n) is 13.5. The van der Waals surface area contributed by atoms with E-state index in [0.717, 1.165) is 23.1 Å². The van der Waals surface area contributed by atoms with Crippen molar-refractivity contribution in [2.24, 2.45) is 0 Å². The van der Waals surface area contributed by atoms with E-state index in [2.05, 4.69) is 0 Å². The van der Waals surface area contributed by atoms with Gasteiger partial charge in [0.15, 0.2) is 0 Å². The van der Waals surface area contributed by atoms with Gasteiger partial charge < -0.3 is 10.2 Å². The van der Waals surface area contributed by atoms with Gasteiger partial charge in [0.2, 0.25) is 0 Å². The third-order valence-electron chi connectivity index (χ3n) is 3.71. The average Bonchev–Trinajstić information content (AvgIpc) is 2.83. The highest BCUT2D eigenvalue weighted by molar-refractivity contribution is 8.26. The van der Waals surface area contributed by atoms with Crippen molar-refractivity contribution in [1.29, 1.82) is 0 Å². The first-order valence-corrected chi connectivity index (χ1v) is 8.90. The van der Waals surface area contributed by atoms with Crippen molar-refractivity contribution in [1.82, 2.24) is 4.90 Å². The number of thioether (sulfide) groups is 1. The predicted molar refractivity (Wildman–Crippen MR) is 99.4 cm³/mol. The maximum absolute atomic E-state index is 12.6. The number of amides is 1. The van der Waals surface area contributed by atoms with Crippen LogP contribution >= 0.6 is 24.0 Å². The maximum Gasteiger partial charge on any atom is 0.335 e. The minimum atomic E-state index is -1.07. The fraction of sp³-hybridized carbons (Fsp3) is 0.294. The first kappa shape index (κ1) is 19.1. The van der Waals surface area contributed by atoms with Crippen molar-refractivity contribution in [3.63, 3.8) is 0 Å². The lowest BCUT2D eigenvalue weighted by molar-refractivity contribution is -0.145. The van der Waals surface area contributed by atoms with E-state index in [1.54, 1.807) is 18.2 Å². The zero-order valence-corrected chi connectivity index (χ0v) is 15.1. The number of carboxylic acid groups (broad SMARTS) is 2. The molecule has 1 aliphatic heterocycles. The number of unbranched alkanes of at least 4 members (excludes halogenated alkanes) is 1. The molecule has 8 heteroatoms. The lowest BCUT2D eigenvalue weighted by Crippen LogP contribution is -2.43. The number of thiocarbonyl (C=S) groups is 1. The molecule has 6 nitrogen and oxygen atoms in total. The number of carboxylic acids is 2. The fourth-order valence-corrected chi connectivity index (χ4v) is 3.74. The van der Waals surface area contributed by atoms with Crippen LogP contribution in [0.5, 0.6) is 0 Å². The smallest absolute Gasteiger partial charge is 0.335 e. The van der Waals surface area contributed by atoms with Crippen molar-refractivity contribution in [2.75, 3.05) is 0 Å². The van der Waals surface area contributed by atoms with Gasteiger partial charge in [-0.3, -0.25) is 9.69 Å². The number of carbonyl (C=O) groups excluding carboxylic acids is 1. The molecule has 1 saturated heterocycles. The van der Waals surface area contributed by atoms with Crippen molar-refractivity contribution in [2.45, 2.75) is 32.2 Å². The van der Waals surface area contributed by atoms with E-state index in [1.165, 1.54) is 12.1 Å². The van der Waals surface area contributed by atoms with E-state index in [4.69, 9.17) is 17.3 Å². The normalized spacial score (nSPS) is 17.2. The molecule has 0 aromatic heterocycles. The number of rotatable bonds is 7. The Bertz CT molecular complexity index is 742. The molecule has 0 unspecified atom stereocenters. The van der Waals surface area contributed by atoms with Gasteiger partial charge >= 0.3 is 11.9 Å². The first-order chi connectivity index (χ1) is 11.8. The van der Waals surface area contributed by atoms with Crippen LogP contribution in [0.15, 0.2) is 29.2 Å². The SMILES string of the molecule is CCCC[C@@H](C(=O)O)N1C(=O)/C(=C/c2ccc(C(=O)O)cc2)SC1=S. The van der Waals surface area contributed by atoms with E-state index in [0.29, 0.717) is 23.3 Å². The standard InChI is InChI=1S/C17H17NO5S2/c1-2-3-4-12(16(22)23)18-14(19)13(25-17(18)24)9-10-5-7-11(8-6-10)15(20)21/h5-9,12H,2-4H2,1H3,(H,20,21)(H,22,23)/b13-9-/t12-/m0/s1. The molecule has 1 fully saturated rings. The Morgan fingerprint density at radius 3 is 2.44 bits per heavy atom. The Balaban J connectivity index is 2.24. The van der Waals surface area contributed by atoms with Gasteiger partial charge in [-0.2, -0.15) is 0 Å². The molecule has 1 aromatic carbocycles. The lowest BCUT2D eigenvalue weighted by Gasteiger charge is -2.22. The van der Waals surface area contributed by atoms with Crippen LogP contribution in [0.1, 0.15) is 42.1 Å². The first-order valence-electron chi connectivity index (χ1n) is 7.68. The molecule has 1 heterocycles. The van der Waals surface area contributed by atoms with Crippen LogP contribution in [0.25, 0.3) is 6.08 Å². The summed E-state index contributed by atoms with van der Waals surface area (Å²) in [7, 11) is 0. The minimum absolute atomic E-state index is 0.148. The van der Waals surface area contributed by atoms with Crippen molar-refractivity contribution < 1.29 is 24.6 Å². The number of nitrogens with zero attached hydrogens (tertiary/aromatic N) is 1. The molecule has 1 aliphatic rings. The average molecular weight is 379 g/mol. The molecule has 0 bridgehead atoms. The highest BCUT2D eigenvalue weighted by atomic mass is 32.2. The molecular weight excluding hydrogens is 362 g/mol. The monoisotopic (exact) mass is 379 g/mol. The summed E-state index contributed by atoms with van der Waals surface area (Å²) in [6, 6.07) is 5.09. The molecule has 0 radical (unpaired) electrons. The summed E-state index contributed by atoms with van der Waals surface area (Å²) in [6.07, 6.45) is 3.44. The largest absolute Gasteiger partial charge is 0.480 e. The molecule has 0 aliphatic carbocycles. The van der Waals surface area contributed by atoms with Crippen LogP contribution in [0.2, 0.25) is 0 Å². The van der Waals surface area contributed by atoms with Gasteiger partial charge in [-0.05, 0) is 30.2 Å². The topological polar surface area (TPSA) is 94.9 Å². The van der Waals surface area contributed by atoms with Crippen LogP contribution in [0.4, 0.5) is 0 Å². The summed E-state index contributed by atoms with van der Waals surface area (Å²) in [4.78, 5) is 36.5. The summed E-state index contributed by atoms with van der Waals surface area (Å²) in [6.45, 7) is 1.95. The Labute approximate surface area is 154 Å². The van der Waals surface area contributed by atoms with E-state index < -0.39 is 23.9 Å². The molecule has 0 saturated carbocycles. The van der Waals surface area contributed by atoms with E-state index in [9.17, 15) is 19.5 Å². The van der Waals surface area contributed by atoms with Gasteiger partial charge in [-0.1, -0.05) is 55.9 Å². The Morgan fingerprint density at radius 1 is 1.28 bits per heavy atom. The highest BCUT2D eigenvalue weighted by Gasteiger charge is 2.40. The van der Waals surface area contributed by atoms with Gasteiger partial charge in [0.1, 0.15) is 10.4 Å². The molecule has 0 spiro atoms. The Hall–Kier alpha value is -2.19. The van der Waals surface area contributed by atoms with Crippen LogP contribution in [-0.4, -0.2) is 43.3 Å². The summed E-state index contributed by atoms with van der Waals surface area (Å²) in [5.74, 6) is -2.53. The van der Waals surface area contributed by atoms with Crippen LogP contribution < -0.4 is 0 Å². The summed E-state index contributed by atoms with van der Waals surface area (Å²) < 4.78 is 0.224. The quantitative estimate of drug-likeness (QED) is 0.555. The van der Waals surface area contributed by atoms with E-state index in [1.807, 2.05) is 6.92 Å². The number of aliphatic carboxylic acids is 1. The number of hydrogen-bond acceptors (Lipinski definition) is 5. The molecule has 25 heavy (non-hydrogen) atoms. The molecule has 2 rings (SSSR count). The molecule has 1 amide bonds. The second-order valence-corrected chi connectivity index (χ2v) is 7.15. The molecule has 1 aromatic rings. The third kappa shape index (κ3) is 4.46. The summed E-state index contributed by atoms with van der Waals surface area (Å²) in [5.41, 5.74) is 0.793. The van der Waals surface area contributed by atoms with Gasteiger partial charge in [-0.25, -0.2) is 9.59 Å². The molecule has 2 N–H and O–H groups in total. The lowest BCUT2D eigenvalue weighted by atomic mass is 10.1. The molecule has 132 valence electrons. The van der Waals surface area contributed by atoms with Crippen molar-refractivity contribution in [3.05, 3.63) is 40.3 Å². The minimum Gasteiger partial charge on any atom is -0.480 e. The van der Waals surface area contributed by atoms with Gasteiger partial charge in [0.05, 0.1) is 10.5 Å². The summed E-state index contributed by atoms with van der Waals surface area (Å²) >= 11 is 6.25. The second-order valence-electron chi connectivity index (χ2n) is 5.48. The highest BCUT2D eigenvalue weighted by Crippen LogP contribution is 2.35. The number of benzene rings is 1. The van der Waals surface area contributed by atoms with Crippen LogP contribution in [0, 0.1) is 0 Å². The second kappa shape index (κ2) is 8.26. The van der Waals surface area contributed by atoms with Gasteiger partial charge in [-0.15, -0.1) is 0 Å². The van der Waals surface area contributed by atoms with E-state index in [-0.39, 0.29) is 9.88 Å². The van der Waals surface area contributed by atoms with Crippen molar-refractivity contribution >= 4 is 52.2 Å². The number of hydrogen-bond donors (Lipinski definition) is 2. The van der Waals surface area contributed by atoms with E-state index >= 15 is 0 Å². The number of aromatic carboxylic acids is 1.